The van der Waals surface area contributed by atoms with E-state index in [1.807, 2.05) is 12.1 Å². The molecule has 61 heavy (non-hydrogen) atoms. The molecule has 0 saturated heterocycles. The first kappa shape index (κ1) is 44.8. The lowest BCUT2D eigenvalue weighted by atomic mass is 9.83. The highest BCUT2D eigenvalue weighted by Gasteiger charge is 2.38. The maximum absolute atomic E-state index is 3.90. The van der Waals surface area contributed by atoms with Crippen molar-refractivity contribution in [1.82, 2.24) is 0 Å². The lowest BCUT2D eigenvalue weighted by Crippen LogP contribution is -2.29. The molecule has 7 aromatic carbocycles. The highest BCUT2D eigenvalue weighted by molar-refractivity contribution is 14.1. The number of allylic oxidation sites excluding steroid dienone is 7. The third kappa shape index (κ3) is 11.2. The number of likely N-dealkylation sites (N-methyl/N-ethyl adjacent to an activating group) is 1. The number of rotatable bonds is 7. The van der Waals surface area contributed by atoms with Crippen LogP contribution in [0.1, 0.15) is 68.2 Å². The molecule has 308 valence electrons. The van der Waals surface area contributed by atoms with Gasteiger partial charge in [-0.2, -0.15) is 0 Å². The molecule has 1 aliphatic carbocycles. The summed E-state index contributed by atoms with van der Waals surface area (Å²) in [6.45, 7) is 14.7. The molecule has 0 N–H and O–H groups in total. The van der Waals surface area contributed by atoms with Gasteiger partial charge in [0.1, 0.15) is 0 Å². The van der Waals surface area contributed by atoms with E-state index < -0.39 is 0 Å². The van der Waals surface area contributed by atoms with Gasteiger partial charge < -0.3 is 4.90 Å². The molecule has 1 nitrogen and oxygen atoms in total. The summed E-state index contributed by atoms with van der Waals surface area (Å²) in [5.41, 5.74) is 12.1. The van der Waals surface area contributed by atoms with E-state index in [0.717, 1.165) is 0 Å². The van der Waals surface area contributed by atoms with Crippen molar-refractivity contribution in [3.05, 3.63) is 244 Å². The summed E-state index contributed by atoms with van der Waals surface area (Å²) in [6.07, 6.45) is 17.7. The number of hydrogen-bond acceptors (Lipinski definition) is 1. The van der Waals surface area contributed by atoms with Gasteiger partial charge in [-0.25, -0.2) is 0 Å². The van der Waals surface area contributed by atoms with Crippen LogP contribution < -0.4 is 4.90 Å². The van der Waals surface area contributed by atoms with Gasteiger partial charge >= 0.3 is 0 Å². The van der Waals surface area contributed by atoms with E-state index in [1.165, 1.54) is 88.2 Å². The van der Waals surface area contributed by atoms with Crippen molar-refractivity contribution in [2.45, 2.75) is 65.3 Å². The molecular weight excluding hydrogens is 850 g/mol. The second kappa shape index (κ2) is 22.2. The Balaban J connectivity index is 0.000000160. The molecule has 1 heterocycles. The molecule has 2 heteroatoms. The Bertz CT molecular complexity index is 2640. The zero-order chi connectivity index (χ0) is 43.1. The Morgan fingerprint density at radius 2 is 1.31 bits per heavy atom. The van der Waals surface area contributed by atoms with Crippen LogP contribution in [-0.2, 0) is 6.42 Å². The highest BCUT2D eigenvalue weighted by Crippen LogP contribution is 2.51. The molecular formula is C59H60IN. The quantitative estimate of drug-likeness (QED) is 0.0875. The number of anilines is 1. The van der Waals surface area contributed by atoms with E-state index >= 15 is 0 Å². The highest BCUT2D eigenvalue weighted by atomic mass is 127. The monoisotopic (exact) mass is 909 g/mol. The van der Waals surface area contributed by atoms with Gasteiger partial charge in [0.15, 0.2) is 0 Å². The number of halogens is 1. The van der Waals surface area contributed by atoms with Crippen LogP contribution >= 0.6 is 22.6 Å². The van der Waals surface area contributed by atoms with Crippen LogP contribution in [0.4, 0.5) is 5.69 Å². The van der Waals surface area contributed by atoms with Gasteiger partial charge in [0.05, 0.1) is 6.04 Å². The normalized spacial score (nSPS) is 15.2. The van der Waals surface area contributed by atoms with Gasteiger partial charge in [0, 0.05) is 27.6 Å². The summed E-state index contributed by atoms with van der Waals surface area (Å²) < 4.78 is 1.37. The summed E-state index contributed by atoms with van der Waals surface area (Å²) in [5.74, 6) is 0.982. The van der Waals surface area contributed by atoms with E-state index in [2.05, 4.69) is 264 Å². The molecule has 2 atom stereocenters. The molecule has 0 aromatic heterocycles. The first-order chi connectivity index (χ1) is 29.7. The standard InChI is InChI=1S/C28H25N.C13H12.C9H11I.C9H12/c1-4-10-19(11-5-2)20-16-17-26-25(18-20)27-23-14-8-6-12-21(23)22-13-7-9-15-24(22)28(27)29(26)3;1-11-6-5-9-13(10-11)12-7-3-2-4-8-12;1-7(2)8-5-3-4-6-9(8)10;1-2-6-9-7-4-3-5-8-9/h4-18,25-26H,1H2,2-3H3;2-10H,1H3;3-7H,1-2H3;3-5,7-8H,2,6H2,1H3/b11-5-,19-10+;;;. The average molecular weight is 910 g/mol. The van der Waals surface area contributed by atoms with Crippen molar-refractivity contribution >= 4 is 49.8 Å². The largest absolute Gasteiger partial charge is 0.366 e. The van der Waals surface area contributed by atoms with E-state index in [4.69, 9.17) is 0 Å². The van der Waals surface area contributed by atoms with Crippen molar-refractivity contribution in [3.63, 3.8) is 0 Å². The molecule has 0 radical (unpaired) electrons. The Labute approximate surface area is 379 Å². The maximum Gasteiger partial charge on any atom is 0.0578 e. The van der Waals surface area contributed by atoms with Crippen molar-refractivity contribution in [1.29, 1.82) is 0 Å². The lowest BCUT2D eigenvalue weighted by Gasteiger charge is -2.26. The van der Waals surface area contributed by atoms with Crippen LogP contribution in [0.2, 0.25) is 0 Å². The van der Waals surface area contributed by atoms with Crippen molar-refractivity contribution in [2.75, 3.05) is 11.9 Å². The maximum atomic E-state index is 3.90. The molecule has 0 amide bonds. The summed E-state index contributed by atoms with van der Waals surface area (Å²) in [5, 5.41) is 5.39. The molecule has 2 unspecified atom stereocenters. The molecule has 0 fully saturated rings. The molecule has 7 aromatic rings. The number of nitrogens with zero attached hydrogens (tertiary/aromatic N) is 1. The third-order valence-electron chi connectivity index (χ3n) is 11.3. The number of fused-ring (bicyclic) bond motifs is 8. The SMILES string of the molecule is C=C/C=C(\C=C/C)C1=CC2c3c(c4ccccc4c4ccccc34)N(C)C2C=C1.CC(C)c1ccccc1I.CCCc1ccccc1.Cc1cccc(-c2ccccc2)c1. The van der Waals surface area contributed by atoms with Gasteiger partial charge in [-0.1, -0.05) is 234 Å². The van der Waals surface area contributed by atoms with E-state index in [-0.39, 0.29) is 0 Å². The molecule has 2 aliphatic rings. The predicted octanol–water partition coefficient (Wildman–Crippen LogP) is 16.8. The van der Waals surface area contributed by atoms with Gasteiger partial charge in [0.2, 0.25) is 0 Å². The second-order valence-corrected chi connectivity index (χ2v) is 17.1. The van der Waals surface area contributed by atoms with Gasteiger partial charge in [-0.05, 0) is 110 Å². The average Bonchev–Trinajstić information content (AvgIpc) is 3.59. The smallest absolute Gasteiger partial charge is 0.0578 e. The third-order valence-corrected chi connectivity index (χ3v) is 12.3. The molecule has 0 saturated carbocycles. The number of benzene rings is 7. The Morgan fingerprint density at radius 3 is 1.92 bits per heavy atom. The molecule has 0 bridgehead atoms. The summed E-state index contributed by atoms with van der Waals surface area (Å²) in [4.78, 5) is 2.46. The first-order valence-corrected chi connectivity index (χ1v) is 22.8. The Morgan fingerprint density at radius 1 is 0.721 bits per heavy atom. The zero-order valence-electron chi connectivity index (χ0n) is 36.7. The van der Waals surface area contributed by atoms with Crippen molar-refractivity contribution in [3.8, 4) is 11.1 Å². The number of hydrogen-bond donors (Lipinski definition) is 0. The molecule has 9 rings (SSSR count). The van der Waals surface area contributed by atoms with Crippen molar-refractivity contribution in [2.24, 2.45) is 0 Å². The second-order valence-electron chi connectivity index (χ2n) is 16.0. The van der Waals surface area contributed by atoms with E-state index in [9.17, 15) is 0 Å². The van der Waals surface area contributed by atoms with Crippen LogP contribution in [-0.4, -0.2) is 13.1 Å². The van der Waals surface area contributed by atoms with Crippen LogP contribution in [0.5, 0.6) is 0 Å². The minimum atomic E-state index is 0.336. The fourth-order valence-corrected chi connectivity index (χ4v) is 9.40. The summed E-state index contributed by atoms with van der Waals surface area (Å²) >= 11 is 2.38. The molecule has 0 spiro atoms. The fourth-order valence-electron chi connectivity index (χ4n) is 8.39. The van der Waals surface area contributed by atoms with Crippen LogP contribution in [0.25, 0.3) is 32.7 Å². The zero-order valence-corrected chi connectivity index (χ0v) is 38.9. The van der Waals surface area contributed by atoms with E-state index in [1.54, 1.807) is 0 Å². The summed E-state index contributed by atoms with van der Waals surface area (Å²) in [7, 11) is 2.24. The van der Waals surface area contributed by atoms with Gasteiger partial charge in [-0.3, -0.25) is 0 Å². The van der Waals surface area contributed by atoms with Gasteiger partial charge in [0.25, 0.3) is 0 Å². The topological polar surface area (TPSA) is 3.24 Å². The minimum Gasteiger partial charge on any atom is -0.366 e. The van der Waals surface area contributed by atoms with Crippen LogP contribution in [0, 0.1) is 10.5 Å². The predicted molar refractivity (Wildman–Crippen MR) is 277 cm³/mol. The van der Waals surface area contributed by atoms with Crippen LogP contribution in [0.15, 0.2) is 218 Å². The lowest BCUT2D eigenvalue weighted by molar-refractivity contribution is 0.721. The minimum absolute atomic E-state index is 0.336. The van der Waals surface area contributed by atoms with Crippen LogP contribution in [0.3, 0.4) is 0 Å². The first-order valence-electron chi connectivity index (χ1n) is 21.7. The van der Waals surface area contributed by atoms with E-state index in [0.29, 0.717) is 17.9 Å². The fraction of sp³-hybridized carbons (Fsp3) is 0.186. The number of aryl methyl sites for hydroxylation is 2. The Hall–Kier alpha value is -5.71. The Kier molecular flexibility index (Phi) is 16.3. The summed E-state index contributed by atoms with van der Waals surface area (Å²) in [6, 6.07) is 56.1. The van der Waals surface area contributed by atoms with Gasteiger partial charge in [-0.15, -0.1) is 0 Å². The molecule has 1 aliphatic heterocycles. The van der Waals surface area contributed by atoms with Crippen molar-refractivity contribution < 1.29 is 0 Å².